The van der Waals surface area contributed by atoms with Crippen LogP contribution in [-0.4, -0.2) is 20.9 Å². The minimum absolute atomic E-state index is 0. The highest BCUT2D eigenvalue weighted by molar-refractivity contribution is 9.10. The molecule has 1 saturated carbocycles. The molecule has 20 heavy (non-hydrogen) atoms. The van der Waals surface area contributed by atoms with E-state index >= 15 is 0 Å². The van der Waals surface area contributed by atoms with Crippen LogP contribution in [0.3, 0.4) is 0 Å². The molecular formula is C14H20Br2N4. The van der Waals surface area contributed by atoms with Gasteiger partial charge >= 0.3 is 0 Å². The van der Waals surface area contributed by atoms with Gasteiger partial charge in [0.2, 0.25) is 0 Å². The molecule has 110 valence electrons. The van der Waals surface area contributed by atoms with Gasteiger partial charge in [-0.2, -0.15) is 0 Å². The predicted molar refractivity (Wildman–Crippen MR) is 89.5 cm³/mol. The molecule has 2 N–H and O–H groups in total. The Bertz CT molecular complexity index is 588. The first-order chi connectivity index (χ1) is 9.20. The van der Waals surface area contributed by atoms with Crippen LogP contribution in [0, 0.1) is 12.8 Å². The zero-order valence-electron chi connectivity index (χ0n) is 11.6. The molecule has 1 fully saturated rings. The molecule has 2 aromatic rings. The van der Waals surface area contributed by atoms with Crippen molar-refractivity contribution in [2.75, 3.05) is 6.54 Å². The summed E-state index contributed by atoms with van der Waals surface area (Å²) in [5, 5.41) is 0. The molecule has 4 nitrogen and oxygen atoms in total. The summed E-state index contributed by atoms with van der Waals surface area (Å²) in [5.74, 6) is 2.42. The molecule has 3 rings (SSSR count). The molecule has 2 aromatic heterocycles. The van der Waals surface area contributed by atoms with Gasteiger partial charge in [-0.05, 0) is 61.0 Å². The summed E-state index contributed by atoms with van der Waals surface area (Å²) in [6, 6.07) is 0. The van der Waals surface area contributed by atoms with Crippen LogP contribution < -0.4 is 5.73 Å². The minimum Gasteiger partial charge on any atom is -0.330 e. The zero-order chi connectivity index (χ0) is 13.4. The standard InChI is InChI=1S/C14H19BrN4.BrH/c1-9-12-13(15)18-14(19(12)7-6-17-9)11-4-2-10(8-16)3-5-11;/h6-7,10-11H,2-5,8,16H2,1H3;1H/t10-,11-;. The summed E-state index contributed by atoms with van der Waals surface area (Å²) in [6.45, 7) is 2.85. The van der Waals surface area contributed by atoms with Crippen molar-refractivity contribution in [1.82, 2.24) is 14.4 Å². The number of rotatable bonds is 2. The zero-order valence-corrected chi connectivity index (χ0v) is 14.8. The number of aromatic nitrogens is 3. The van der Waals surface area contributed by atoms with Gasteiger partial charge in [0.05, 0.1) is 5.69 Å². The topological polar surface area (TPSA) is 56.2 Å². The number of hydrogen-bond acceptors (Lipinski definition) is 3. The number of imidazole rings is 1. The summed E-state index contributed by atoms with van der Waals surface area (Å²) < 4.78 is 3.11. The summed E-state index contributed by atoms with van der Waals surface area (Å²) in [7, 11) is 0. The van der Waals surface area contributed by atoms with Gasteiger partial charge in [-0.15, -0.1) is 17.0 Å². The Morgan fingerprint density at radius 3 is 2.70 bits per heavy atom. The Labute approximate surface area is 138 Å². The first-order valence-electron chi connectivity index (χ1n) is 6.89. The maximum atomic E-state index is 5.77. The minimum atomic E-state index is 0. The van der Waals surface area contributed by atoms with Gasteiger partial charge < -0.3 is 5.73 Å². The molecule has 0 unspecified atom stereocenters. The number of hydrogen-bond donors (Lipinski definition) is 1. The molecule has 0 atom stereocenters. The Kier molecular flexibility index (Phi) is 5.20. The van der Waals surface area contributed by atoms with E-state index in [1.165, 1.54) is 31.5 Å². The quantitative estimate of drug-likeness (QED) is 0.833. The maximum absolute atomic E-state index is 5.77. The van der Waals surface area contributed by atoms with E-state index in [2.05, 4.69) is 25.3 Å². The highest BCUT2D eigenvalue weighted by Crippen LogP contribution is 2.36. The van der Waals surface area contributed by atoms with Crippen LogP contribution in [0.1, 0.15) is 43.1 Å². The normalized spacial score (nSPS) is 22.8. The van der Waals surface area contributed by atoms with E-state index in [1.807, 2.05) is 19.3 Å². The highest BCUT2D eigenvalue weighted by Gasteiger charge is 2.25. The van der Waals surface area contributed by atoms with Crippen LogP contribution in [0.4, 0.5) is 0 Å². The summed E-state index contributed by atoms with van der Waals surface area (Å²) in [5.41, 5.74) is 7.88. The average Bonchev–Trinajstić information content (AvgIpc) is 2.78. The average molecular weight is 404 g/mol. The van der Waals surface area contributed by atoms with Crippen LogP contribution >= 0.6 is 32.9 Å². The molecule has 0 radical (unpaired) electrons. The van der Waals surface area contributed by atoms with Gasteiger partial charge in [-0.25, -0.2) is 4.98 Å². The van der Waals surface area contributed by atoms with Crippen molar-refractivity contribution >= 4 is 38.4 Å². The van der Waals surface area contributed by atoms with Gasteiger partial charge in [0.25, 0.3) is 0 Å². The SMILES string of the molecule is Br.Cc1nccn2c1c(Br)nc2[C@H]1CC[C@H](CN)CC1. The van der Waals surface area contributed by atoms with Gasteiger partial charge in [0.1, 0.15) is 15.9 Å². The Hall–Kier alpha value is -0.460. The van der Waals surface area contributed by atoms with Gasteiger partial charge in [0, 0.05) is 18.3 Å². The number of fused-ring (bicyclic) bond motifs is 1. The summed E-state index contributed by atoms with van der Waals surface area (Å²) in [6.07, 6.45) is 8.69. The van der Waals surface area contributed by atoms with E-state index in [0.717, 1.165) is 22.4 Å². The fourth-order valence-electron chi connectivity index (χ4n) is 3.11. The van der Waals surface area contributed by atoms with Crippen molar-refractivity contribution in [2.24, 2.45) is 11.7 Å². The largest absolute Gasteiger partial charge is 0.330 e. The second kappa shape index (κ2) is 6.54. The Morgan fingerprint density at radius 1 is 1.35 bits per heavy atom. The van der Waals surface area contributed by atoms with Crippen LogP contribution in [0.25, 0.3) is 5.52 Å². The molecule has 0 spiro atoms. The molecule has 1 aliphatic carbocycles. The summed E-state index contributed by atoms with van der Waals surface area (Å²) in [4.78, 5) is 9.08. The molecule has 0 aliphatic heterocycles. The third-order valence-electron chi connectivity index (χ3n) is 4.27. The lowest BCUT2D eigenvalue weighted by Gasteiger charge is -2.26. The van der Waals surface area contributed by atoms with Gasteiger partial charge in [-0.3, -0.25) is 9.38 Å². The number of nitrogens with zero attached hydrogens (tertiary/aromatic N) is 3. The van der Waals surface area contributed by atoms with E-state index in [1.54, 1.807) is 0 Å². The molecule has 1 aliphatic rings. The lowest BCUT2D eigenvalue weighted by atomic mass is 9.81. The number of nitrogens with two attached hydrogens (primary N) is 1. The third-order valence-corrected chi connectivity index (χ3v) is 4.82. The van der Waals surface area contributed by atoms with Crippen molar-refractivity contribution in [3.8, 4) is 0 Å². The van der Waals surface area contributed by atoms with Crippen molar-refractivity contribution in [3.05, 3.63) is 28.5 Å². The molecule has 6 heteroatoms. The van der Waals surface area contributed by atoms with E-state index in [0.29, 0.717) is 11.8 Å². The molecule has 2 heterocycles. The third kappa shape index (κ3) is 2.78. The number of aryl methyl sites for hydroxylation is 1. The molecule has 0 saturated heterocycles. The Balaban J connectivity index is 0.00000147. The summed E-state index contributed by atoms with van der Waals surface area (Å²) >= 11 is 3.57. The predicted octanol–water partition coefficient (Wildman–Crippen LogP) is 3.61. The van der Waals surface area contributed by atoms with Crippen LogP contribution in [-0.2, 0) is 0 Å². The van der Waals surface area contributed by atoms with E-state index in [9.17, 15) is 0 Å². The van der Waals surface area contributed by atoms with Crippen LogP contribution in [0.15, 0.2) is 17.0 Å². The van der Waals surface area contributed by atoms with E-state index < -0.39 is 0 Å². The van der Waals surface area contributed by atoms with E-state index in [-0.39, 0.29) is 17.0 Å². The lowest BCUT2D eigenvalue weighted by molar-refractivity contribution is 0.325. The van der Waals surface area contributed by atoms with Crippen molar-refractivity contribution < 1.29 is 0 Å². The van der Waals surface area contributed by atoms with Crippen molar-refractivity contribution in [2.45, 2.75) is 38.5 Å². The first kappa shape index (κ1) is 15.9. The maximum Gasteiger partial charge on any atom is 0.134 e. The fraction of sp³-hybridized carbons (Fsp3) is 0.571. The smallest absolute Gasteiger partial charge is 0.134 e. The van der Waals surface area contributed by atoms with Gasteiger partial charge in [-0.1, -0.05) is 0 Å². The lowest BCUT2D eigenvalue weighted by Crippen LogP contribution is -2.21. The van der Waals surface area contributed by atoms with Crippen LogP contribution in [0.5, 0.6) is 0 Å². The Morgan fingerprint density at radius 2 is 2.05 bits per heavy atom. The molecular weight excluding hydrogens is 384 g/mol. The second-order valence-corrected chi connectivity index (χ2v) is 6.20. The van der Waals surface area contributed by atoms with Crippen LogP contribution in [0.2, 0.25) is 0 Å². The first-order valence-corrected chi connectivity index (χ1v) is 7.69. The molecule has 0 aromatic carbocycles. The van der Waals surface area contributed by atoms with Crippen molar-refractivity contribution in [3.63, 3.8) is 0 Å². The van der Waals surface area contributed by atoms with E-state index in [4.69, 9.17) is 10.7 Å². The second-order valence-electron chi connectivity index (χ2n) is 5.45. The van der Waals surface area contributed by atoms with Gasteiger partial charge in [0.15, 0.2) is 0 Å². The van der Waals surface area contributed by atoms with Crippen molar-refractivity contribution in [1.29, 1.82) is 0 Å². The number of halogens is 2. The molecule has 0 amide bonds. The highest BCUT2D eigenvalue weighted by atomic mass is 79.9. The molecule has 0 bridgehead atoms. The monoisotopic (exact) mass is 402 g/mol. The fourth-order valence-corrected chi connectivity index (χ4v) is 3.77.